The van der Waals surface area contributed by atoms with Gasteiger partial charge in [-0.25, -0.2) is 4.98 Å². The van der Waals surface area contributed by atoms with Crippen molar-refractivity contribution in [1.82, 2.24) is 19.8 Å². The number of ether oxygens (including phenoxy) is 2. The number of likely N-dealkylation sites (tertiary alicyclic amines) is 1. The third-order valence-corrected chi connectivity index (χ3v) is 8.38. The molecule has 41 heavy (non-hydrogen) atoms. The molecule has 1 aromatic heterocycles. The number of carbonyl (C=O) groups excluding carboxylic acids is 1. The van der Waals surface area contributed by atoms with Crippen LogP contribution in [0.25, 0.3) is 0 Å². The van der Waals surface area contributed by atoms with Gasteiger partial charge in [0, 0.05) is 56.7 Å². The maximum atomic E-state index is 13.9. The Labute approximate surface area is 235 Å². The molecule has 6 rings (SSSR count). The fourth-order valence-electron chi connectivity index (χ4n) is 5.93. The van der Waals surface area contributed by atoms with E-state index in [1.54, 1.807) is 19.2 Å². The number of nitrogens with one attached hydrogen (secondary N) is 1. The molecule has 3 aromatic rings. The number of rotatable bonds is 6. The number of fused-ring (bicyclic) bond motifs is 1. The van der Waals surface area contributed by atoms with Crippen LogP contribution < -0.4 is 19.7 Å². The smallest absolute Gasteiger partial charge is 0.423 e. The van der Waals surface area contributed by atoms with Crippen LogP contribution in [0.2, 0.25) is 0 Å². The minimum absolute atomic E-state index is 0.00585. The maximum Gasteiger partial charge on any atom is 0.423 e. The molecule has 2 aromatic carbocycles. The van der Waals surface area contributed by atoms with Crippen molar-refractivity contribution < 1.29 is 27.4 Å². The second-order valence-electron chi connectivity index (χ2n) is 10.9. The molecule has 3 aliphatic heterocycles. The number of nitrogens with zero attached hydrogens (tertiary/aromatic N) is 5. The number of amides is 1. The minimum Gasteiger partial charge on any atom is -0.494 e. The summed E-state index contributed by atoms with van der Waals surface area (Å²) >= 11 is 0. The fraction of sp³-hybridized carbons (Fsp3) is 0.414. The lowest BCUT2D eigenvalue weighted by Gasteiger charge is -2.57. The molecular weight excluding hydrogens is 537 g/mol. The van der Waals surface area contributed by atoms with Crippen LogP contribution >= 0.6 is 0 Å². The molecule has 3 aliphatic rings. The summed E-state index contributed by atoms with van der Waals surface area (Å²) in [6.07, 6.45) is -0.752. The molecule has 0 saturated carbocycles. The average Bonchev–Trinajstić information content (AvgIpc) is 3.22. The lowest BCUT2D eigenvalue weighted by molar-refractivity contribution is -0.139. The fourth-order valence-corrected chi connectivity index (χ4v) is 5.93. The molecule has 0 aliphatic carbocycles. The van der Waals surface area contributed by atoms with Gasteiger partial charge in [-0.15, -0.1) is 0 Å². The molecule has 216 valence electrons. The number of benzene rings is 2. The minimum atomic E-state index is -4.77. The molecule has 4 heterocycles. The zero-order valence-corrected chi connectivity index (χ0v) is 23.1. The van der Waals surface area contributed by atoms with E-state index in [1.165, 1.54) is 18.1 Å². The zero-order valence-electron chi connectivity index (χ0n) is 23.1. The van der Waals surface area contributed by atoms with E-state index in [0.717, 1.165) is 44.6 Å². The van der Waals surface area contributed by atoms with Gasteiger partial charge in [0.2, 0.25) is 11.8 Å². The first-order valence-electron chi connectivity index (χ1n) is 13.5. The van der Waals surface area contributed by atoms with Crippen molar-refractivity contribution in [1.29, 1.82) is 0 Å². The van der Waals surface area contributed by atoms with Crippen LogP contribution in [0.5, 0.6) is 17.4 Å². The zero-order chi connectivity index (χ0) is 28.9. The Morgan fingerprint density at radius 2 is 1.78 bits per heavy atom. The lowest BCUT2D eigenvalue weighted by atomic mass is 9.76. The first-order chi connectivity index (χ1) is 19.6. The molecule has 1 amide bonds. The lowest BCUT2D eigenvalue weighted by Crippen LogP contribution is -2.64. The molecule has 12 heteroatoms. The Hall–Kier alpha value is -4.06. The Morgan fingerprint density at radius 1 is 1.02 bits per heavy atom. The van der Waals surface area contributed by atoms with E-state index in [2.05, 4.69) is 32.1 Å². The van der Waals surface area contributed by atoms with Gasteiger partial charge in [-0.05, 0) is 50.1 Å². The van der Waals surface area contributed by atoms with E-state index >= 15 is 0 Å². The van der Waals surface area contributed by atoms with Gasteiger partial charge in [-0.2, -0.15) is 18.2 Å². The monoisotopic (exact) mass is 568 g/mol. The normalized spacial score (nSPS) is 18.3. The number of piperidine rings is 1. The first kappa shape index (κ1) is 27.1. The van der Waals surface area contributed by atoms with Gasteiger partial charge in [-0.3, -0.25) is 4.79 Å². The molecule has 2 saturated heterocycles. The highest BCUT2D eigenvalue weighted by molar-refractivity contribution is 6.00. The Morgan fingerprint density at radius 3 is 2.46 bits per heavy atom. The Bertz CT molecular complexity index is 1490. The van der Waals surface area contributed by atoms with Crippen molar-refractivity contribution in [3.8, 4) is 17.4 Å². The third-order valence-electron chi connectivity index (χ3n) is 8.38. The Balaban J connectivity index is 1.28. The summed E-state index contributed by atoms with van der Waals surface area (Å²) in [4.78, 5) is 26.9. The number of alkyl halides is 3. The summed E-state index contributed by atoms with van der Waals surface area (Å²) in [7, 11) is 5.30. The third kappa shape index (κ3) is 4.90. The molecule has 1 N–H and O–H groups in total. The summed E-state index contributed by atoms with van der Waals surface area (Å²) in [6.45, 7) is 3.42. The van der Waals surface area contributed by atoms with Gasteiger partial charge >= 0.3 is 6.18 Å². The molecule has 0 atom stereocenters. The first-order valence-corrected chi connectivity index (χ1v) is 13.5. The van der Waals surface area contributed by atoms with Gasteiger partial charge in [0.05, 0.1) is 18.4 Å². The van der Waals surface area contributed by atoms with Crippen LogP contribution in [0.3, 0.4) is 0 Å². The predicted octanol–water partition coefficient (Wildman–Crippen LogP) is 5.30. The second kappa shape index (κ2) is 10.1. The van der Waals surface area contributed by atoms with E-state index in [-0.39, 0.29) is 28.7 Å². The molecule has 0 unspecified atom stereocenters. The average molecular weight is 569 g/mol. The van der Waals surface area contributed by atoms with Gasteiger partial charge in [0.25, 0.3) is 5.91 Å². The van der Waals surface area contributed by atoms with Crippen LogP contribution in [-0.4, -0.2) is 72.1 Å². The van der Waals surface area contributed by atoms with E-state index in [1.807, 2.05) is 18.2 Å². The number of hydrogen-bond donors (Lipinski definition) is 1. The molecular formula is C29H31F3N6O3. The summed E-state index contributed by atoms with van der Waals surface area (Å²) in [5, 5.41) is 2.98. The highest BCUT2D eigenvalue weighted by Gasteiger charge is 2.46. The quantitative estimate of drug-likeness (QED) is 0.429. The van der Waals surface area contributed by atoms with Crippen molar-refractivity contribution in [2.45, 2.75) is 37.5 Å². The number of methoxy groups -OCH3 is 1. The number of anilines is 3. The topological polar surface area (TPSA) is 83.1 Å². The van der Waals surface area contributed by atoms with Crippen LogP contribution in [0, 0.1) is 0 Å². The SMILES string of the molecule is COc1cc(N2CCC23CCN(C)CC3)ccc1Nc1ncc(C(F)(F)F)c(Oc2cccc3c2C(=O)N(C)C3)n1. The van der Waals surface area contributed by atoms with Crippen LogP contribution in [0.1, 0.15) is 40.7 Å². The number of aromatic nitrogens is 2. The van der Waals surface area contributed by atoms with Crippen LogP contribution in [0.4, 0.5) is 30.5 Å². The summed E-state index contributed by atoms with van der Waals surface area (Å²) in [6, 6.07) is 10.6. The van der Waals surface area contributed by atoms with Crippen molar-refractivity contribution in [2.75, 3.05) is 51.1 Å². The van der Waals surface area contributed by atoms with E-state index in [9.17, 15) is 18.0 Å². The second-order valence-corrected chi connectivity index (χ2v) is 10.9. The van der Waals surface area contributed by atoms with Gasteiger partial charge in [-0.1, -0.05) is 12.1 Å². The highest BCUT2D eigenvalue weighted by Crippen LogP contribution is 2.45. The standard InChI is InChI=1S/C29H31F3N6O3/c1-36-12-9-28(10-13-36)11-14-38(28)19-7-8-21(23(15-19)40-3)34-27-33-16-20(29(30,31)32)25(35-27)41-22-6-4-5-18-17-37(2)26(39)24(18)22/h4-8,15-16H,9-14,17H2,1-3H3,(H,33,34,35). The molecule has 9 nitrogen and oxygen atoms in total. The molecule has 2 fully saturated rings. The van der Waals surface area contributed by atoms with Crippen molar-refractivity contribution in [2.24, 2.45) is 0 Å². The van der Waals surface area contributed by atoms with Gasteiger partial charge in [0.1, 0.15) is 17.1 Å². The largest absolute Gasteiger partial charge is 0.494 e. The van der Waals surface area contributed by atoms with Crippen molar-refractivity contribution >= 4 is 23.2 Å². The van der Waals surface area contributed by atoms with Crippen LogP contribution in [0.15, 0.2) is 42.6 Å². The summed E-state index contributed by atoms with van der Waals surface area (Å²) < 4.78 is 53.0. The van der Waals surface area contributed by atoms with Gasteiger partial charge in [0.15, 0.2) is 0 Å². The van der Waals surface area contributed by atoms with E-state index in [0.29, 0.717) is 29.7 Å². The summed E-state index contributed by atoms with van der Waals surface area (Å²) in [5.41, 5.74) is 1.43. The summed E-state index contributed by atoms with van der Waals surface area (Å²) in [5.74, 6) is -0.619. The molecule has 0 bridgehead atoms. The molecule has 1 spiro atoms. The van der Waals surface area contributed by atoms with Crippen LogP contribution in [-0.2, 0) is 12.7 Å². The van der Waals surface area contributed by atoms with E-state index < -0.39 is 17.6 Å². The van der Waals surface area contributed by atoms with E-state index in [4.69, 9.17) is 9.47 Å². The number of halogens is 3. The number of hydrogen-bond acceptors (Lipinski definition) is 8. The molecule has 0 radical (unpaired) electrons. The van der Waals surface area contributed by atoms with Crippen molar-refractivity contribution in [3.63, 3.8) is 0 Å². The highest BCUT2D eigenvalue weighted by atomic mass is 19.4. The Kier molecular flexibility index (Phi) is 6.68. The predicted molar refractivity (Wildman–Crippen MR) is 147 cm³/mol. The maximum absolute atomic E-state index is 13.9. The number of carbonyl (C=O) groups is 1. The van der Waals surface area contributed by atoms with Gasteiger partial charge < -0.3 is 29.5 Å². The van der Waals surface area contributed by atoms with Crippen molar-refractivity contribution in [3.05, 3.63) is 59.3 Å².